The highest BCUT2D eigenvalue weighted by molar-refractivity contribution is 6.35. The number of hydrogen-bond donors (Lipinski definition) is 0. The molecule has 0 bridgehead atoms. The molecule has 1 fully saturated rings. The molecular weight excluding hydrogens is 338 g/mol. The first kappa shape index (κ1) is 16.3. The lowest BCUT2D eigenvalue weighted by Gasteiger charge is -2.33. The van der Waals surface area contributed by atoms with E-state index in [4.69, 9.17) is 21.3 Å². The van der Waals surface area contributed by atoms with Gasteiger partial charge in [0.2, 0.25) is 0 Å². The molecule has 1 aliphatic heterocycles. The lowest BCUT2D eigenvalue weighted by Crippen LogP contribution is -2.38. The number of nitrogens with zero attached hydrogens (tertiary/aromatic N) is 5. The first-order chi connectivity index (χ1) is 12.0. The normalized spacial score (nSPS) is 18.1. The summed E-state index contributed by atoms with van der Waals surface area (Å²) in [5.74, 6) is 0.838. The summed E-state index contributed by atoms with van der Waals surface area (Å²) in [6.07, 6.45) is 3.82. The predicted molar refractivity (Wildman–Crippen MR) is 98.1 cm³/mol. The summed E-state index contributed by atoms with van der Waals surface area (Å²) in [4.78, 5) is 11.6. The maximum Gasteiger partial charge on any atom is 0.163 e. The molecular formula is C18H20ClN5O. The Hall–Kier alpha value is -2.18. The molecule has 0 amide bonds. The minimum Gasteiger partial charge on any atom is -0.370 e. The lowest BCUT2D eigenvalue weighted by molar-refractivity contribution is 0.0395. The second-order valence-electron chi connectivity index (χ2n) is 6.48. The van der Waals surface area contributed by atoms with Gasteiger partial charge < -0.3 is 9.64 Å². The average molecular weight is 358 g/mol. The number of rotatable bonds is 2. The molecule has 7 heteroatoms. The van der Waals surface area contributed by atoms with Crippen molar-refractivity contribution >= 4 is 28.5 Å². The maximum absolute atomic E-state index is 6.51. The Morgan fingerprint density at radius 3 is 2.84 bits per heavy atom. The van der Waals surface area contributed by atoms with Crippen molar-refractivity contribution in [2.45, 2.75) is 20.0 Å². The van der Waals surface area contributed by atoms with E-state index in [0.29, 0.717) is 23.8 Å². The zero-order valence-corrected chi connectivity index (χ0v) is 15.3. The summed E-state index contributed by atoms with van der Waals surface area (Å²) in [6, 6.07) is 3.97. The van der Waals surface area contributed by atoms with Gasteiger partial charge in [-0.05, 0) is 25.5 Å². The SMILES string of the molecule is Cc1cc2c(Cl)cc(N3CCO[C@@H](c4cnn(C)c4)C3)nc2nc1C. The fourth-order valence-corrected chi connectivity index (χ4v) is 3.35. The smallest absolute Gasteiger partial charge is 0.163 e. The Kier molecular flexibility index (Phi) is 4.09. The van der Waals surface area contributed by atoms with Crippen LogP contribution in [-0.2, 0) is 11.8 Å². The molecule has 0 saturated carbocycles. The molecule has 1 saturated heterocycles. The van der Waals surface area contributed by atoms with Gasteiger partial charge in [-0.3, -0.25) is 4.68 Å². The van der Waals surface area contributed by atoms with Crippen molar-refractivity contribution < 1.29 is 4.74 Å². The number of anilines is 1. The van der Waals surface area contributed by atoms with Crippen molar-refractivity contribution in [3.8, 4) is 0 Å². The quantitative estimate of drug-likeness (QED) is 0.705. The van der Waals surface area contributed by atoms with Crippen LogP contribution in [0.15, 0.2) is 24.5 Å². The summed E-state index contributed by atoms with van der Waals surface area (Å²) in [7, 11) is 1.91. The molecule has 25 heavy (non-hydrogen) atoms. The molecule has 4 heterocycles. The van der Waals surface area contributed by atoms with E-state index in [1.54, 1.807) is 4.68 Å². The molecule has 1 atom stereocenters. The monoisotopic (exact) mass is 357 g/mol. The summed E-state index contributed by atoms with van der Waals surface area (Å²) in [6.45, 7) is 6.15. The molecule has 6 nitrogen and oxygen atoms in total. The summed E-state index contributed by atoms with van der Waals surface area (Å²) in [5, 5.41) is 5.81. The third kappa shape index (κ3) is 3.07. The molecule has 0 aromatic carbocycles. The molecule has 4 rings (SSSR count). The van der Waals surface area contributed by atoms with Crippen LogP contribution in [0.4, 0.5) is 5.82 Å². The van der Waals surface area contributed by atoms with Gasteiger partial charge in [-0.25, -0.2) is 9.97 Å². The van der Waals surface area contributed by atoms with Crippen LogP contribution in [0.1, 0.15) is 22.9 Å². The largest absolute Gasteiger partial charge is 0.370 e. The van der Waals surface area contributed by atoms with Crippen LogP contribution in [-0.4, -0.2) is 39.4 Å². The van der Waals surface area contributed by atoms with Gasteiger partial charge in [0.15, 0.2) is 5.65 Å². The van der Waals surface area contributed by atoms with E-state index in [-0.39, 0.29) is 6.10 Å². The number of morpholine rings is 1. The second kappa shape index (κ2) is 6.28. The van der Waals surface area contributed by atoms with Gasteiger partial charge in [-0.2, -0.15) is 5.10 Å². The highest BCUT2D eigenvalue weighted by Crippen LogP contribution is 2.30. The molecule has 0 unspecified atom stereocenters. The van der Waals surface area contributed by atoms with Crippen molar-refractivity contribution in [1.82, 2.24) is 19.7 Å². The van der Waals surface area contributed by atoms with E-state index in [1.807, 2.05) is 39.4 Å². The van der Waals surface area contributed by atoms with E-state index >= 15 is 0 Å². The van der Waals surface area contributed by atoms with Crippen molar-refractivity contribution in [3.05, 3.63) is 46.4 Å². The van der Waals surface area contributed by atoms with Gasteiger partial charge in [-0.15, -0.1) is 0 Å². The van der Waals surface area contributed by atoms with Crippen molar-refractivity contribution in [2.24, 2.45) is 7.05 Å². The molecule has 0 radical (unpaired) electrons. The van der Waals surface area contributed by atoms with E-state index in [2.05, 4.69) is 21.0 Å². The van der Waals surface area contributed by atoms with Gasteiger partial charge in [0.05, 0.1) is 17.8 Å². The number of pyridine rings is 2. The van der Waals surface area contributed by atoms with E-state index in [1.165, 1.54) is 0 Å². The topological polar surface area (TPSA) is 56.1 Å². The van der Waals surface area contributed by atoms with Crippen molar-refractivity contribution in [3.63, 3.8) is 0 Å². The highest BCUT2D eigenvalue weighted by atomic mass is 35.5. The second-order valence-corrected chi connectivity index (χ2v) is 6.88. The third-order valence-electron chi connectivity index (χ3n) is 4.67. The van der Waals surface area contributed by atoms with Crippen LogP contribution < -0.4 is 4.90 Å². The molecule has 3 aromatic heterocycles. The molecule has 130 valence electrons. The minimum absolute atomic E-state index is 0.0218. The van der Waals surface area contributed by atoms with E-state index < -0.39 is 0 Å². The molecule has 0 spiro atoms. The number of halogens is 1. The Morgan fingerprint density at radius 2 is 2.08 bits per heavy atom. The lowest BCUT2D eigenvalue weighted by atomic mass is 10.1. The van der Waals surface area contributed by atoms with Gasteiger partial charge in [0.25, 0.3) is 0 Å². The standard InChI is InChI=1S/C18H20ClN5O/c1-11-6-14-15(19)7-17(22-18(14)21-12(11)2)24-4-5-25-16(10-24)13-8-20-23(3)9-13/h6-9,16H,4-5,10H2,1-3H3/t16-/m1/s1. The van der Waals surface area contributed by atoms with Gasteiger partial charge in [0.1, 0.15) is 11.9 Å². The minimum atomic E-state index is -0.0218. The summed E-state index contributed by atoms with van der Waals surface area (Å²) < 4.78 is 7.70. The third-order valence-corrected chi connectivity index (χ3v) is 4.98. The Morgan fingerprint density at radius 1 is 1.24 bits per heavy atom. The fourth-order valence-electron chi connectivity index (χ4n) is 3.11. The van der Waals surface area contributed by atoms with Gasteiger partial charge >= 0.3 is 0 Å². The zero-order chi connectivity index (χ0) is 17.6. The van der Waals surface area contributed by atoms with Crippen LogP contribution >= 0.6 is 11.6 Å². The van der Waals surface area contributed by atoms with Crippen LogP contribution in [0.25, 0.3) is 11.0 Å². The molecule has 0 aliphatic carbocycles. The van der Waals surface area contributed by atoms with Crippen LogP contribution in [0.3, 0.4) is 0 Å². The fraction of sp³-hybridized carbons (Fsp3) is 0.389. The summed E-state index contributed by atoms with van der Waals surface area (Å²) in [5.41, 5.74) is 3.86. The van der Waals surface area contributed by atoms with Crippen LogP contribution in [0.2, 0.25) is 5.02 Å². The predicted octanol–water partition coefficient (Wildman–Crippen LogP) is 3.21. The maximum atomic E-state index is 6.51. The van der Waals surface area contributed by atoms with Crippen LogP contribution in [0, 0.1) is 13.8 Å². The molecule has 1 aliphatic rings. The Labute approximate surface area is 151 Å². The molecule has 0 N–H and O–H groups in total. The number of hydrogen-bond acceptors (Lipinski definition) is 5. The number of fused-ring (bicyclic) bond motifs is 1. The van der Waals surface area contributed by atoms with E-state index in [9.17, 15) is 0 Å². The summed E-state index contributed by atoms with van der Waals surface area (Å²) >= 11 is 6.51. The first-order valence-electron chi connectivity index (χ1n) is 8.31. The Balaban J connectivity index is 1.67. The van der Waals surface area contributed by atoms with Crippen LogP contribution in [0.5, 0.6) is 0 Å². The van der Waals surface area contributed by atoms with Crippen molar-refractivity contribution in [1.29, 1.82) is 0 Å². The number of aromatic nitrogens is 4. The number of aryl methyl sites for hydroxylation is 3. The van der Waals surface area contributed by atoms with Crippen molar-refractivity contribution in [2.75, 3.05) is 24.6 Å². The average Bonchev–Trinajstić information content (AvgIpc) is 3.03. The number of ether oxygens (including phenoxy) is 1. The van der Waals surface area contributed by atoms with Gasteiger partial charge in [0, 0.05) is 49.0 Å². The molecule has 3 aromatic rings. The van der Waals surface area contributed by atoms with E-state index in [0.717, 1.165) is 34.6 Å². The zero-order valence-electron chi connectivity index (χ0n) is 14.5. The Bertz CT molecular complexity index is 939. The first-order valence-corrected chi connectivity index (χ1v) is 8.68. The van der Waals surface area contributed by atoms with Gasteiger partial charge in [-0.1, -0.05) is 11.6 Å². The highest BCUT2D eigenvalue weighted by Gasteiger charge is 2.24.